The second-order valence-electron chi connectivity index (χ2n) is 5.40. The Bertz CT molecular complexity index is 1080. The molecule has 0 spiro atoms. The van der Waals surface area contributed by atoms with Gasteiger partial charge in [0.15, 0.2) is 4.90 Å². The Kier molecular flexibility index (Phi) is 6.22. The third-order valence-corrected chi connectivity index (χ3v) is 6.22. The lowest BCUT2D eigenvalue weighted by molar-refractivity contribution is -0.387. The molecule has 0 radical (unpaired) electrons. The fraction of sp³-hybridized carbons (Fsp3) is 0.133. The molecule has 0 saturated heterocycles. The molecule has 28 heavy (non-hydrogen) atoms. The SMILES string of the molecule is CC(C(=O)Cl)N(c1cc([N+](=O)[O-])ccc1Cl)S(=O)(=O)c1ccccc1[N+](=O)[O-]. The van der Waals surface area contributed by atoms with Gasteiger partial charge in [0.25, 0.3) is 21.4 Å². The van der Waals surface area contributed by atoms with Crippen LogP contribution in [0.2, 0.25) is 5.02 Å². The molecule has 1 unspecified atom stereocenters. The molecule has 10 nitrogen and oxygen atoms in total. The summed E-state index contributed by atoms with van der Waals surface area (Å²) < 4.78 is 26.9. The lowest BCUT2D eigenvalue weighted by Crippen LogP contribution is -2.42. The summed E-state index contributed by atoms with van der Waals surface area (Å²) in [4.78, 5) is 31.6. The van der Waals surface area contributed by atoms with Gasteiger partial charge < -0.3 is 0 Å². The zero-order chi connectivity index (χ0) is 21.2. The Morgan fingerprint density at radius 1 is 1.11 bits per heavy atom. The highest BCUT2D eigenvalue weighted by atomic mass is 35.5. The van der Waals surface area contributed by atoms with E-state index in [9.17, 15) is 33.4 Å². The first-order valence-corrected chi connectivity index (χ1v) is 9.59. The number of halogens is 2. The predicted octanol–water partition coefficient (Wildman–Crippen LogP) is 3.51. The monoisotopic (exact) mass is 447 g/mol. The average molecular weight is 448 g/mol. The molecule has 0 amide bonds. The highest BCUT2D eigenvalue weighted by Crippen LogP contribution is 2.37. The Morgan fingerprint density at radius 2 is 1.71 bits per heavy atom. The van der Waals surface area contributed by atoms with E-state index in [-0.39, 0.29) is 5.02 Å². The molecule has 0 aliphatic rings. The standard InChI is InChI=1S/C15H11Cl2N3O7S/c1-9(15(17)21)18(13-8-10(19(22)23)6-7-11(13)16)28(26,27)14-5-3-2-4-12(14)20(24)25/h2-9H,1H3. The summed E-state index contributed by atoms with van der Waals surface area (Å²) in [6.45, 7) is 1.12. The van der Waals surface area contributed by atoms with Crippen molar-refractivity contribution in [3.05, 3.63) is 67.7 Å². The number of non-ortho nitro benzene ring substituents is 1. The van der Waals surface area contributed by atoms with Crippen LogP contribution < -0.4 is 4.31 Å². The quantitative estimate of drug-likeness (QED) is 0.359. The van der Waals surface area contributed by atoms with Crippen molar-refractivity contribution in [2.45, 2.75) is 17.9 Å². The van der Waals surface area contributed by atoms with Crippen LogP contribution in [0.25, 0.3) is 0 Å². The van der Waals surface area contributed by atoms with Gasteiger partial charge >= 0.3 is 0 Å². The van der Waals surface area contributed by atoms with E-state index in [1.165, 1.54) is 12.1 Å². The fourth-order valence-electron chi connectivity index (χ4n) is 2.35. The number of hydrogen-bond donors (Lipinski definition) is 0. The van der Waals surface area contributed by atoms with Crippen molar-refractivity contribution in [1.82, 2.24) is 0 Å². The van der Waals surface area contributed by atoms with Gasteiger partial charge in [-0.3, -0.25) is 29.3 Å². The van der Waals surface area contributed by atoms with Gasteiger partial charge in [-0.05, 0) is 30.7 Å². The molecule has 0 saturated carbocycles. The number of nitro groups is 2. The summed E-state index contributed by atoms with van der Waals surface area (Å²) in [7, 11) is -4.76. The van der Waals surface area contributed by atoms with Crippen LogP contribution in [0.1, 0.15) is 6.92 Å². The summed E-state index contributed by atoms with van der Waals surface area (Å²) in [5.74, 6) is 0. The van der Waals surface area contributed by atoms with Crippen LogP contribution in [0.3, 0.4) is 0 Å². The minimum atomic E-state index is -4.76. The van der Waals surface area contributed by atoms with E-state index in [2.05, 4.69) is 0 Å². The van der Waals surface area contributed by atoms with E-state index >= 15 is 0 Å². The predicted molar refractivity (Wildman–Crippen MR) is 101 cm³/mol. The van der Waals surface area contributed by atoms with Crippen molar-refractivity contribution in [1.29, 1.82) is 0 Å². The molecular formula is C15H11Cl2N3O7S. The van der Waals surface area contributed by atoms with Crippen LogP contribution in [0.4, 0.5) is 17.1 Å². The number of carbonyl (C=O) groups excluding carboxylic acids is 1. The number of nitro benzene ring substituents is 2. The number of sulfonamides is 1. The summed E-state index contributed by atoms with van der Waals surface area (Å²) in [6, 6.07) is 5.83. The first-order valence-electron chi connectivity index (χ1n) is 7.39. The molecule has 0 fully saturated rings. The number of anilines is 1. The molecule has 2 aromatic rings. The zero-order valence-electron chi connectivity index (χ0n) is 14.0. The van der Waals surface area contributed by atoms with Gasteiger partial charge in [0, 0.05) is 18.2 Å². The highest BCUT2D eigenvalue weighted by molar-refractivity contribution is 7.93. The maximum Gasteiger partial charge on any atom is 0.289 e. The molecule has 0 aromatic heterocycles. The number of rotatable bonds is 7. The fourth-order valence-corrected chi connectivity index (χ4v) is 4.56. The molecule has 0 bridgehead atoms. The molecule has 2 rings (SSSR count). The minimum absolute atomic E-state index is 0.238. The van der Waals surface area contributed by atoms with Gasteiger partial charge in [0.2, 0.25) is 5.24 Å². The van der Waals surface area contributed by atoms with Crippen LogP contribution in [-0.4, -0.2) is 29.5 Å². The van der Waals surface area contributed by atoms with Gasteiger partial charge in [-0.2, -0.15) is 0 Å². The van der Waals surface area contributed by atoms with E-state index in [1.54, 1.807) is 0 Å². The molecule has 148 valence electrons. The van der Waals surface area contributed by atoms with E-state index in [0.717, 1.165) is 37.3 Å². The second kappa shape index (κ2) is 8.09. The Balaban J connectivity index is 2.83. The molecule has 0 heterocycles. The summed E-state index contributed by atoms with van der Waals surface area (Å²) in [5.41, 5.74) is -1.67. The number of nitrogens with zero attached hydrogens (tertiary/aromatic N) is 3. The lowest BCUT2D eigenvalue weighted by atomic mass is 10.2. The normalized spacial score (nSPS) is 12.2. The Morgan fingerprint density at radius 3 is 2.25 bits per heavy atom. The molecule has 0 aliphatic heterocycles. The van der Waals surface area contributed by atoms with Crippen LogP contribution in [0.15, 0.2) is 47.4 Å². The van der Waals surface area contributed by atoms with Gasteiger partial charge in [0.1, 0.15) is 6.04 Å². The van der Waals surface area contributed by atoms with Crippen LogP contribution in [-0.2, 0) is 14.8 Å². The van der Waals surface area contributed by atoms with Crippen LogP contribution in [0, 0.1) is 20.2 Å². The number of para-hydroxylation sites is 1. The second-order valence-corrected chi connectivity index (χ2v) is 7.96. The first kappa shape index (κ1) is 21.5. The van der Waals surface area contributed by atoms with E-state index < -0.39 is 53.1 Å². The van der Waals surface area contributed by atoms with E-state index in [0.29, 0.717) is 4.31 Å². The van der Waals surface area contributed by atoms with Crippen molar-refractivity contribution in [3.63, 3.8) is 0 Å². The summed E-state index contributed by atoms with van der Waals surface area (Å²) in [6.07, 6.45) is 0. The Hall–Kier alpha value is -2.76. The minimum Gasteiger partial charge on any atom is -0.279 e. The Labute approximate surface area is 168 Å². The maximum atomic E-state index is 13.2. The largest absolute Gasteiger partial charge is 0.289 e. The van der Waals surface area contributed by atoms with Crippen LogP contribution >= 0.6 is 23.2 Å². The van der Waals surface area contributed by atoms with Crippen LogP contribution in [0.5, 0.6) is 0 Å². The molecule has 13 heteroatoms. The summed E-state index contributed by atoms with van der Waals surface area (Å²) >= 11 is 11.5. The van der Waals surface area contributed by atoms with E-state index in [1.807, 2.05) is 0 Å². The smallest absolute Gasteiger partial charge is 0.279 e. The van der Waals surface area contributed by atoms with Crippen molar-refractivity contribution in [2.75, 3.05) is 4.31 Å². The van der Waals surface area contributed by atoms with Crippen molar-refractivity contribution in [3.8, 4) is 0 Å². The van der Waals surface area contributed by atoms with Gasteiger partial charge in [-0.25, -0.2) is 8.42 Å². The molecule has 1 atom stereocenters. The zero-order valence-corrected chi connectivity index (χ0v) is 16.3. The highest BCUT2D eigenvalue weighted by Gasteiger charge is 2.38. The van der Waals surface area contributed by atoms with Crippen molar-refractivity contribution < 1.29 is 23.1 Å². The van der Waals surface area contributed by atoms with Gasteiger partial charge in [-0.15, -0.1) is 0 Å². The van der Waals surface area contributed by atoms with Crippen molar-refractivity contribution >= 4 is 55.5 Å². The summed E-state index contributed by atoms with van der Waals surface area (Å²) in [5, 5.41) is 21.0. The third kappa shape index (κ3) is 4.06. The first-order chi connectivity index (χ1) is 13.0. The average Bonchev–Trinajstić information content (AvgIpc) is 2.62. The molecule has 0 N–H and O–H groups in total. The van der Waals surface area contributed by atoms with Crippen molar-refractivity contribution in [2.24, 2.45) is 0 Å². The van der Waals surface area contributed by atoms with Gasteiger partial charge in [0.05, 0.1) is 20.6 Å². The third-order valence-electron chi connectivity index (χ3n) is 3.66. The topological polar surface area (TPSA) is 141 Å². The number of hydrogen-bond acceptors (Lipinski definition) is 7. The van der Waals surface area contributed by atoms with Gasteiger partial charge in [-0.1, -0.05) is 23.7 Å². The number of carbonyl (C=O) groups is 1. The molecule has 0 aliphatic carbocycles. The number of benzene rings is 2. The molecule has 2 aromatic carbocycles. The lowest BCUT2D eigenvalue weighted by Gasteiger charge is -2.28. The van der Waals surface area contributed by atoms with E-state index in [4.69, 9.17) is 23.2 Å². The maximum absolute atomic E-state index is 13.2. The molecular weight excluding hydrogens is 437 g/mol.